The van der Waals surface area contributed by atoms with Crippen molar-refractivity contribution in [1.29, 1.82) is 0 Å². The minimum Gasteiger partial charge on any atom is -0.368 e. The molecule has 0 aliphatic carbocycles. The van der Waals surface area contributed by atoms with Crippen LogP contribution in [0.2, 0.25) is 5.02 Å². The highest BCUT2D eigenvalue weighted by atomic mass is 35.5. The van der Waals surface area contributed by atoms with Crippen molar-refractivity contribution in [2.24, 2.45) is 0 Å². The normalized spacial score (nSPS) is 22.5. The van der Waals surface area contributed by atoms with Gasteiger partial charge in [0.05, 0.1) is 11.5 Å². The number of non-ortho nitro benzene ring substituents is 1. The van der Waals surface area contributed by atoms with Crippen LogP contribution in [0.5, 0.6) is 0 Å². The fourth-order valence-corrected chi connectivity index (χ4v) is 4.94. The van der Waals surface area contributed by atoms with Gasteiger partial charge in [-0.2, -0.15) is 0 Å². The smallest absolute Gasteiger partial charge is 0.270 e. The minimum atomic E-state index is -0.312. The van der Waals surface area contributed by atoms with Gasteiger partial charge in [-0.3, -0.25) is 15.0 Å². The Morgan fingerprint density at radius 2 is 1.94 bits per heavy atom. The van der Waals surface area contributed by atoms with E-state index in [1.165, 1.54) is 6.42 Å². The van der Waals surface area contributed by atoms with Crippen LogP contribution in [0.1, 0.15) is 56.4 Å². The Balaban J connectivity index is 1.71. The highest BCUT2D eigenvalue weighted by Gasteiger charge is 2.32. The standard InChI is InChI=1S/C24H30ClN3O3/c1-2-20-6-3-4-14-27(20)23-12-11-21(28(29)30)16-22(23)24-26(13-5-15-31-24)17-18-7-9-19(25)10-8-18/h7-12,16,20,24H,2-6,13-15,17H2,1H3. The van der Waals surface area contributed by atoms with Crippen LogP contribution in [-0.2, 0) is 11.3 Å². The molecule has 2 aromatic carbocycles. The predicted molar refractivity (Wildman–Crippen MR) is 124 cm³/mol. The fourth-order valence-electron chi connectivity index (χ4n) is 4.82. The lowest BCUT2D eigenvalue weighted by molar-refractivity contribution is -0.385. The van der Waals surface area contributed by atoms with Crippen LogP contribution in [0.4, 0.5) is 11.4 Å². The number of anilines is 1. The van der Waals surface area contributed by atoms with Crippen LogP contribution in [0.25, 0.3) is 0 Å². The molecule has 0 spiro atoms. The molecule has 2 atom stereocenters. The molecule has 2 aromatic rings. The molecule has 0 N–H and O–H groups in total. The first kappa shape index (κ1) is 22.1. The maximum absolute atomic E-state index is 11.6. The Kier molecular flexibility index (Phi) is 7.10. The van der Waals surface area contributed by atoms with Crippen LogP contribution < -0.4 is 4.90 Å². The van der Waals surface area contributed by atoms with E-state index in [1.807, 2.05) is 30.3 Å². The van der Waals surface area contributed by atoms with E-state index in [4.69, 9.17) is 16.3 Å². The van der Waals surface area contributed by atoms with E-state index in [0.29, 0.717) is 24.2 Å². The Morgan fingerprint density at radius 3 is 2.68 bits per heavy atom. The van der Waals surface area contributed by atoms with Gasteiger partial charge in [-0.1, -0.05) is 30.7 Å². The number of nitro groups is 1. The number of nitro benzene ring substituents is 1. The summed E-state index contributed by atoms with van der Waals surface area (Å²) < 4.78 is 6.26. The average Bonchev–Trinajstić information content (AvgIpc) is 2.80. The Bertz CT molecular complexity index is 905. The van der Waals surface area contributed by atoms with Crippen molar-refractivity contribution in [1.82, 2.24) is 4.90 Å². The molecule has 0 saturated carbocycles. The molecule has 2 saturated heterocycles. The molecule has 4 rings (SSSR count). The van der Waals surface area contributed by atoms with Crippen LogP contribution in [0.15, 0.2) is 42.5 Å². The summed E-state index contributed by atoms with van der Waals surface area (Å²) in [4.78, 5) is 16.0. The molecule has 166 valence electrons. The van der Waals surface area contributed by atoms with E-state index in [0.717, 1.165) is 55.6 Å². The zero-order valence-electron chi connectivity index (χ0n) is 18.0. The number of halogens is 1. The molecular weight excluding hydrogens is 414 g/mol. The third-order valence-corrected chi connectivity index (χ3v) is 6.64. The van der Waals surface area contributed by atoms with Crippen molar-refractivity contribution in [2.75, 3.05) is 24.6 Å². The number of ether oxygens (including phenoxy) is 1. The highest BCUT2D eigenvalue weighted by molar-refractivity contribution is 6.30. The lowest BCUT2D eigenvalue weighted by Crippen LogP contribution is -2.42. The summed E-state index contributed by atoms with van der Waals surface area (Å²) in [5, 5.41) is 12.3. The molecule has 0 amide bonds. The van der Waals surface area contributed by atoms with E-state index in [2.05, 4.69) is 16.7 Å². The molecule has 2 heterocycles. The van der Waals surface area contributed by atoms with Gasteiger partial charge in [-0.25, -0.2) is 0 Å². The van der Waals surface area contributed by atoms with Crippen molar-refractivity contribution < 1.29 is 9.66 Å². The van der Waals surface area contributed by atoms with Gasteiger partial charge in [-0.15, -0.1) is 0 Å². The summed E-state index contributed by atoms with van der Waals surface area (Å²) in [7, 11) is 0. The SMILES string of the molecule is CCC1CCCCN1c1ccc([N+](=O)[O-])cc1C1OCCCN1Cc1ccc(Cl)cc1. The molecular formula is C24H30ClN3O3. The van der Waals surface area contributed by atoms with Gasteiger partial charge in [0.25, 0.3) is 5.69 Å². The van der Waals surface area contributed by atoms with Crippen LogP contribution in [-0.4, -0.2) is 35.6 Å². The number of piperidine rings is 1. The van der Waals surface area contributed by atoms with Crippen molar-refractivity contribution in [2.45, 2.75) is 57.8 Å². The van der Waals surface area contributed by atoms with E-state index >= 15 is 0 Å². The molecule has 2 aliphatic heterocycles. The van der Waals surface area contributed by atoms with Crippen molar-refractivity contribution >= 4 is 23.0 Å². The number of nitrogens with zero attached hydrogens (tertiary/aromatic N) is 3. The second-order valence-electron chi connectivity index (χ2n) is 8.43. The number of hydrogen-bond acceptors (Lipinski definition) is 5. The molecule has 0 aromatic heterocycles. The summed E-state index contributed by atoms with van der Waals surface area (Å²) in [5.74, 6) is 0. The maximum atomic E-state index is 11.6. The molecule has 2 unspecified atom stereocenters. The van der Waals surface area contributed by atoms with Gasteiger partial charge < -0.3 is 9.64 Å². The highest BCUT2D eigenvalue weighted by Crippen LogP contribution is 2.39. The summed E-state index contributed by atoms with van der Waals surface area (Å²) in [6.07, 6.45) is 5.24. The first-order chi connectivity index (χ1) is 15.1. The Hall–Kier alpha value is -2.15. The zero-order chi connectivity index (χ0) is 21.8. The topological polar surface area (TPSA) is 58.9 Å². The molecule has 7 heteroatoms. The number of hydrogen-bond donors (Lipinski definition) is 0. The second-order valence-corrected chi connectivity index (χ2v) is 8.86. The zero-order valence-corrected chi connectivity index (χ0v) is 18.8. The second kappa shape index (κ2) is 9.98. The molecule has 0 radical (unpaired) electrons. The van der Waals surface area contributed by atoms with Crippen molar-refractivity contribution in [3.8, 4) is 0 Å². The first-order valence-corrected chi connectivity index (χ1v) is 11.6. The van der Waals surface area contributed by atoms with E-state index in [1.54, 1.807) is 12.1 Å². The monoisotopic (exact) mass is 443 g/mol. The van der Waals surface area contributed by atoms with Crippen molar-refractivity contribution in [3.63, 3.8) is 0 Å². The number of rotatable bonds is 6. The fraction of sp³-hybridized carbons (Fsp3) is 0.500. The molecule has 0 bridgehead atoms. The quantitative estimate of drug-likeness (QED) is 0.408. The third-order valence-electron chi connectivity index (χ3n) is 6.39. The van der Waals surface area contributed by atoms with Crippen LogP contribution >= 0.6 is 11.6 Å². The van der Waals surface area contributed by atoms with Crippen molar-refractivity contribution in [3.05, 3.63) is 68.7 Å². The third kappa shape index (κ3) is 5.03. The van der Waals surface area contributed by atoms with Crippen LogP contribution in [0, 0.1) is 10.1 Å². The molecule has 2 fully saturated rings. The maximum Gasteiger partial charge on any atom is 0.270 e. The van der Waals surface area contributed by atoms with Crippen LogP contribution in [0.3, 0.4) is 0 Å². The lowest BCUT2D eigenvalue weighted by atomic mass is 9.97. The van der Waals surface area contributed by atoms with Gasteiger partial charge >= 0.3 is 0 Å². The first-order valence-electron chi connectivity index (χ1n) is 11.2. The molecule has 6 nitrogen and oxygen atoms in total. The van der Waals surface area contributed by atoms with Gasteiger partial charge in [0.1, 0.15) is 6.23 Å². The summed E-state index contributed by atoms with van der Waals surface area (Å²) in [6.45, 7) is 5.44. The van der Waals surface area contributed by atoms with E-state index in [-0.39, 0.29) is 16.8 Å². The van der Waals surface area contributed by atoms with Gasteiger partial charge in [0.2, 0.25) is 0 Å². The Morgan fingerprint density at radius 1 is 1.13 bits per heavy atom. The van der Waals surface area contributed by atoms with Gasteiger partial charge in [0, 0.05) is 54.1 Å². The molecule has 31 heavy (non-hydrogen) atoms. The number of benzene rings is 2. The predicted octanol–water partition coefficient (Wildman–Crippen LogP) is 5.94. The van der Waals surface area contributed by atoms with E-state index < -0.39 is 0 Å². The average molecular weight is 444 g/mol. The Labute approximate surface area is 188 Å². The summed E-state index contributed by atoms with van der Waals surface area (Å²) in [6, 6.07) is 13.6. The van der Waals surface area contributed by atoms with Gasteiger partial charge in [-0.05, 0) is 55.9 Å². The lowest BCUT2D eigenvalue weighted by Gasteiger charge is -2.42. The summed E-state index contributed by atoms with van der Waals surface area (Å²) in [5.41, 5.74) is 3.24. The van der Waals surface area contributed by atoms with Gasteiger partial charge in [0.15, 0.2) is 0 Å². The summed E-state index contributed by atoms with van der Waals surface area (Å²) >= 11 is 6.05. The van der Waals surface area contributed by atoms with E-state index in [9.17, 15) is 10.1 Å². The molecule has 2 aliphatic rings. The largest absolute Gasteiger partial charge is 0.368 e. The minimum absolute atomic E-state index is 0.115.